The highest BCUT2D eigenvalue weighted by atomic mass is 17.2. The maximum atomic E-state index is 11.0. The van der Waals surface area contributed by atoms with E-state index in [2.05, 4.69) is 4.89 Å². The molecule has 0 atom stereocenters. The first-order chi connectivity index (χ1) is 6.83. The molecule has 78 valence electrons. The highest BCUT2D eigenvalue weighted by Crippen LogP contribution is 2.06. The first-order valence-corrected chi connectivity index (χ1v) is 4.67. The van der Waals surface area contributed by atoms with Crippen molar-refractivity contribution >= 4 is 5.97 Å². The Morgan fingerprint density at radius 2 is 2.50 bits per heavy atom. The molecule has 0 aromatic heterocycles. The fourth-order valence-corrected chi connectivity index (χ4v) is 0.895. The van der Waals surface area contributed by atoms with Gasteiger partial charge in [-0.15, -0.1) is 0 Å². The van der Waals surface area contributed by atoms with Gasteiger partial charge in [-0.05, 0) is 18.6 Å². The molecule has 0 radical (unpaired) electrons. The van der Waals surface area contributed by atoms with Crippen LogP contribution in [-0.2, 0) is 19.3 Å². The van der Waals surface area contributed by atoms with E-state index in [9.17, 15) is 4.79 Å². The minimum atomic E-state index is -0.345. The molecule has 0 aliphatic carbocycles. The van der Waals surface area contributed by atoms with Gasteiger partial charge in [0.15, 0.2) is 5.76 Å². The lowest BCUT2D eigenvalue weighted by molar-refractivity contribution is -0.251. The van der Waals surface area contributed by atoms with Crippen molar-refractivity contribution in [2.24, 2.45) is 0 Å². The molecule has 4 heteroatoms. The van der Waals surface area contributed by atoms with E-state index in [0.29, 0.717) is 18.8 Å². The largest absolute Gasteiger partial charge is 0.493 e. The van der Waals surface area contributed by atoms with Gasteiger partial charge in [-0.1, -0.05) is 13.3 Å². The zero-order chi connectivity index (χ0) is 10.2. The van der Waals surface area contributed by atoms with E-state index in [0.717, 1.165) is 12.8 Å². The number of carbonyl (C=O) groups is 1. The highest BCUT2D eigenvalue weighted by molar-refractivity contribution is 5.68. The lowest BCUT2D eigenvalue weighted by Gasteiger charge is -2.09. The summed E-state index contributed by atoms with van der Waals surface area (Å²) in [6, 6.07) is 0. The van der Waals surface area contributed by atoms with Crippen molar-refractivity contribution in [3.8, 4) is 0 Å². The van der Waals surface area contributed by atoms with Crippen molar-refractivity contribution < 1.29 is 19.3 Å². The van der Waals surface area contributed by atoms with Crippen LogP contribution in [0.5, 0.6) is 0 Å². The van der Waals surface area contributed by atoms with Gasteiger partial charge in [0.1, 0.15) is 6.61 Å². The zero-order valence-corrected chi connectivity index (χ0v) is 8.19. The first kappa shape index (κ1) is 10.6. The van der Waals surface area contributed by atoms with Gasteiger partial charge in [-0.25, -0.2) is 4.79 Å². The average molecular weight is 198 g/mol. The van der Waals surface area contributed by atoms with Crippen molar-refractivity contribution in [2.75, 3.05) is 6.61 Å². The Labute approximate surface area is 83.1 Å². The molecule has 4 nitrogen and oxygen atoms in total. The number of carbonyl (C=O) groups excluding carboxylic acids is 1. The third-order valence-electron chi connectivity index (χ3n) is 1.66. The predicted molar refractivity (Wildman–Crippen MR) is 49.9 cm³/mol. The molecule has 0 N–H and O–H groups in total. The minimum Gasteiger partial charge on any atom is -0.493 e. The Balaban J connectivity index is 2.16. The van der Waals surface area contributed by atoms with Crippen LogP contribution in [0.3, 0.4) is 0 Å². The third kappa shape index (κ3) is 3.98. The van der Waals surface area contributed by atoms with Crippen LogP contribution in [-0.4, -0.2) is 12.6 Å². The van der Waals surface area contributed by atoms with Crippen LogP contribution in [0.25, 0.3) is 0 Å². The maximum Gasteiger partial charge on any atom is 0.355 e. The van der Waals surface area contributed by atoms with Crippen molar-refractivity contribution in [3.63, 3.8) is 0 Å². The number of hydrogen-bond acceptors (Lipinski definition) is 4. The topological polar surface area (TPSA) is 44.8 Å². The Morgan fingerprint density at radius 1 is 1.64 bits per heavy atom. The fourth-order valence-electron chi connectivity index (χ4n) is 0.895. The zero-order valence-electron chi connectivity index (χ0n) is 8.19. The quantitative estimate of drug-likeness (QED) is 0.501. The van der Waals surface area contributed by atoms with Crippen molar-refractivity contribution in [1.82, 2.24) is 0 Å². The molecule has 0 saturated heterocycles. The summed E-state index contributed by atoms with van der Waals surface area (Å²) in [6.45, 7) is 2.31. The SMILES string of the molecule is CCCCC(=O)OOC1=CC=COC1. The summed E-state index contributed by atoms with van der Waals surface area (Å²) in [5, 5.41) is 0. The molecule has 1 heterocycles. The Hall–Kier alpha value is -1.45. The molecule has 0 aromatic carbocycles. The molecule has 0 bridgehead atoms. The van der Waals surface area contributed by atoms with Gasteiger partial charge in [0.05, 0.1) is 12.7 Å². The van der Waals surface area contributed by atoms with Gasteiger partial charge in [-0.2, -0.15) is 0 Å². The number of rotatable bonds is 5. The second kappa shape index (κ2) is 6.07. The second-order valence-electron chi connectivity index (χ2n) is 2.91. The summed E-state index contributed by atoms with van der Waals surface area (Å²) in [7, 11) is 0. The fraction of sp³-hybridized carbons (Fsp3) is 0.500. The Morgan fingerprint density at radius 3 is 3.14 bits per heavy atom. The summed E-state index contributed by atoms with van der Waals surface area (Å²) < 4.78 is 4.93. The summed E-state index contributed by atoms with van der Waals surface area (Å²) in [6.07, 6.45) is 7.09. The van der Waals surface area contributed by atoms with Crippen LogP contribution in [0.4, 0.5) is 0 Å². The van der Waals surface area contributed by atoms with E-state index in [1.165, 1.54) is 0 Å². The molecule has 0 fully saturated rings. The molecule has 0 saturated carbocycles. The van der Waals surface area contributed by atoms with Crippen molar-refractivity contribution in [2.45, 2.75) is 26.2 Å². The van der Waals surface area contributed by atoms with E-state index >= 15 is 0 Å². The van der Waals surface area contributed by atoms with Gasteiger partial charge in [0.2, 0.25) is 0 Å². The van der Waals surface area contributed by atoms with Crippen LogP contribution in [0.15, 0.2) is 24.2 Å². The molecular formula is C10H14O4. The van der Waals surface area contributed by atoms with Gasteiger partial charge in [-0.3, -0.25) is 9.78 Å². The number of unbranched alkanes of at least 4 members (excludes halogenated alkanes) is 1. The lowest BCUT2D eigenvalue weighted by atomic mass is 10.3. The number of allylic oxidation sites excluding steroid dienone is 2. The smallest absolute Gasteiger partial charge is 0.355 e. The van der Waals surface area contributed by atoms with E-state index in [4.69, 9.17) is 9.62 Å². The van der Waals surface area contributed by atoms with E-state index in [1.807, 2.05) is 6.92 Å². The van der Waals surface area contributed by atoms with Crippen molar-refractivity contribution in [3.05, 3.63) is 24.2 Å². The van der Waals surface area contributed by atoms with E-state index in [1.54, 1.807) is 18.4 Å². The van der Waals surface area contributed by atoms with Gasteiger partial charge in [0.25, 0.3) is 0 Å². The molecule has 0 amide bonds. The first-order valence-electron chi connectivity index (χ1n) is 4.67. The summed E-state index contributed by atoms with van der Waals surface area (Å²) in [4.78, 5) is 20.4. The van der Waals surface area contributed by atoms with E-state index in [-0.39, 0.29) is 5.97 Å². The molecular weight excluding hydrogens is 184 g/mol. The average Bonchev–Trinajstić information content (AvgIpc) is 2.25. The van der Waals surface area contributed by atoms with Crippen molar-refractivity contribution in [1.29, 1.82) is 0 Å². The second-order valence-corrected chi connectivity index (χ2v) is 2.91. The standard InChI is InChI=1S/C10H14O4/c1-2-3-6-10(11)14-13-9-5-4-7-12-8-9/h4-5,7H,2-3,6,8H2,1H3. The van der Waals surface area contributed by atoms with Crippen LogP contribution in [0, 0.1) is 0 Å². The molecule has 14 heavy (non-hydrogen) atoms. The van der Waals surface area contributed by atoms with Crippen LogP contribution in [0.2, 0.25) is 0 Å². The molecule has 1 aliphatic rings. The minimum absolute atomic E-state index is 0.303. The van der Waals surface area contributed by atoms with E-state index < -0.39 is 0 Å². The third-order valence-corrected chi connectivity index (χ3v) is 1.66. The summed E-state index contributed by atoms with van der Waals surface area (Å²) >= 11 is 0. The van der Waals surface area contributed by atoms with Gasteiger partial charge >= 0.3 is 5.97 Å². The summed E-state index contributed by atoms with van der Waals surface area (Å²) in [5.41, 5.74) is 0. The molecule has 0 unspecified atom stereocenters. The lowest BCUT2D eigenvalue weighted by Crippen LogP contribution is -2.08. The van der Waals surface area contributed by atoms with Crippen LogP contribution in [0.1, 0.15) is 26.2 Å². The molecule has 0 aromatic rings. The predicted octanol–water partition coefficient (Wildman–Crippen LogP) is 2.08. The number of hydrogen-bond donors (Lipinski definition) is 0. The maximum absolute atomic E-state index is 11.0. The normalized spacial score (nSPS) is 14.2. The number of ether oxygens (including phenoxy) is 1. The van der Waals surface area contributed by atoms with Crippen LogP contribution < -0.4 is 0 Å². The molecule has 1 aliphatic heterocycles. The Bertz CT molecular complexity index is 243. The summed E-state index contributed by atoms with van der Waals surface area (Å²) in [5.74, 6) is 0.152. The van der Waals surface area contributed by atoms with Crippen LogP contribution >= 0.6 is 0 Å². The highest BCUT2D eigenvalue weighted by Gasteiger charge is 2.07. The molecule has 1 rings (SSSR count). The monoisotopic (exact) mass is 198 g/mol. The Kier molecular flexibility index (Phi) is 4.61. The van der Waals surface area contributed by atoms with Gasteiger partial charge in [0, 0.05) is 0 Å². The van der Waals surface area contributed by atoms with Gasteiger partial charge < -0.3 is 4.74 Å². The molecule has 0 spiro atoms.